The molecule has 1 fully saturated rings. The molecule has 1 aromatic rings. The molecule has 8 heteroatoms. The van der Waals surface area contributed by atoms with Gasteiger partial charge in [0.25, 0.3) is 5.91 Å². The lowest BCUT2D eigenvalue weighted by Gasteiger charge is -2.49. The van der Waals surface area contributed by atoms with Crippen molar-refractivity contribution in [3.8, 4) is 0 Å². The number of nitrogens with one attached hydrogen (secondary N) is 1. The summed E-state index contributed by atoms with van der Waals surface area (Å²) >= 11 is 1.52. The Morgan fingerprint density at radius 2 is 2.04 bits per heavy atom. The van der Waals surface area contributed by atoms with Gasteiger partial charge in [0, 0.05) is 12.9 Å². The van der Waals surface area contributed by atoms with Gasteiger partial charge in [0.1, 0.15) is 17.1 Å². The van der Waals surface area contributed by atoms with E-state index in [0.29, 0.717) is 5.75 Å². The maximum Gasteiger partial charge on any atom is 0.357 e. The average Bonchev–Trinajstić information content (AvgIpc) is 2.64. The molecule has 0 bridgehead atoms. The summed E-state index contributed by atoms with van der Waals surface area (Å²) in [6.07, 6.45) is 0.208. The molecule has 1 saturated heterocycles. The molecule has 2 atom stereocenters. The predicted octanol–water partition coefficient (Wildman–Crippen LogP) is 1.05. The van der Waals surface area contributed by atoms with Crippen LogP contribution in [0.5, 0.6) is 0 Å². The Balaban J connectivity index is 1.65. The molecule has 0 radical (unpaired) electrons. The van der Waals surface area contributed by atoms with E-state index in [1.165, 1.54) is 23.8 Å². The van der Waals surface area contributed by atoms with Gasteiger partial charge in [-0.15, -0.1) is 11.8 Å². The Hall–Kier alpha value is -2.32. The van der Waals surface area contributed by atoms with E-state index in [9.17, 15) is 14.4 Å². The Morgan fingerprint density at radius 3 is 2.73 bits per heavy atom. The smallest absolute Gasteiger partial charge is 0.357 e. The highest BCUT2D eigenvalue weighted by Gasteiger charge is 2.53. The van der Waals surface area contributed by atoms with Gasteiger partial charge in [0.15, 0.2) is 6.79 Å². The number of amides is 2. The van der Waals surface area contributed by atoms with Crippen molar-refractivity contribution in [1.82, 2.24) is 10.2 Å². The summed E-state index contributed by atoms with van der Waals surface area (Å²) in [5, 5.41) is 2.49. The third-order valence-corrected chi connectivity index (χ3v) is 5.61. The molecule has 2 aliphatic heterocycles. The first-order chi connectivity index (χ1) is 12.5. The highest BCUT2D eigenvalue weighted by Crippen LogP contribution is 2.40. The van der Waals surface area contributed by atoms with Crippen molar-refractivity contribution < 1.29 is 23.9 Å². The molecule has 7 nitrogen and oxygen atoms in total. The summed E-state index contributed by atoms with van der Waals surface area (Å²) in [7, 11) is 1.42. The van der Waals surface area contributed by atoms with Crippen LogP contribution in [0, 0.1) is 0 Å². The fourth-order valence-corrected chi connectivity index (χ4v) is 4.24. The second-order valence-electron chi connectivity index (χ2n) is 6.08. The van der Waals surface area contributed by atoms with Crippen molar-refractivity contribution >= 4 is 29.5 Å². The summed E-state index contributed by atoms with van der Waals surface area (Å²) in [6.45, 7) is 1.62. The summed E-state index contributed by atoms with van der Waals surface area (Å²) in [5.74, 6) is -0.509. The normalized spacial score (nSPS) is 21.8. The largest absolute Gasteiger partial charge is 0.434 e. The van der Waals surface area contributed by atoms with Crippen LogP contribution in [-0.4, -0.2) is 53.8 Å². The van der Waals surface area contributed by atoms with E-state index in [0.717, 1.165) is 11.1 Å². The van der Waals surface area contributed by atoms with Crippen molar-refractivity contribution in [2.24, 2.45) is 0 Å². The molecule has 138 valence electrons. The number of methoxy groups -OCH3 is 1. The number of fused-ring (bicyclic) bond motifs is 1. The second-order valence-corrected chi connectivity index (χ2v) is 7.19. The molecule has 2 heterocycles. The lowest BCUT2D eigenvalue weighted by molar-refractivity contribution is -0.158. The number of thioether (sulfide) groups is 1. The van der Waals surface area contributed by atoms with Gasteiger partial charge >= 0.3 is 5.97 Å². The van der Waals surface area contributed by atoms with Crippen LogP contribution in [0.2, 0.25) is 0 Å². The van der Waals surface area contributed by atoms with Crippen molar-refractivity contribution in [3.05, 3.63) is 47.2 Å². The summed E-state index contributed by atoms with van der Waals surface area (Å²) in [5.41, 5.74) is 1.91. The number of hydrogen-bond donors (Lipinski definition) is 1. The summed E-state index contributed by atoms with van der Waals surface area (Å²) in [4.78, 5) is 38.4. The molecule has 0 saturated carbocycles. The number of esters is 1. The van der Waals surface area contributed by atoms with Gasteiger partial charge in [-0.2, -0.15) is 0 Å². The third kappa shape index (κ3) is 3.61. The molecule has 1 aromatic carbocycles. The Kier molecular flexibility index (Phi) is 5.63. The number of carbonyl (C=O) groups excluding carboxylic acids is 3. The number of ether oxygens (including phenoxy) is 2. The lowest BCUT2D eigenvalue weighted by atomic mass is 10.0. The monoisotopic (exact) mass is 376 g/mol. The van der Waals surface area contributed by atoms with Crippen LogP contribution in [-0.2, 0) is 30.3 Å². The molecule has 1 unspecified atom stereocenters. The first kappa shape index (κ1) is 18.5. The molecular formula is C18H20N2O5S. The first-order valence-electron chi connectivity index (χ1n) is 8.16. The maximum absolute atomic E-state index is 12.5. The number of nitrogens with zero attached hydrogens (tertiary/aromatic N) is 1. The second kappa shape index (κ2) is 7.92. The number of rotatable bonds is 6. The highest BCUT2D eigenvalue weighted by molar-refractivity contribution is 8.00. The van der Waals surface area contributed by atoms with Crippen molar-refractivity contribution in [1.29, 1.82) is 0 Å². The fraction of sp³-hybridized carbons (Fsp3) is 0.389. The minimum absolute atomic E-state index is 0.174. The van der Waals surface area contributed by atoms with E-state index in [1.807, 2.05) is 30.3 Å². The van der Waals surface area contributed by atoms with Crippen molar-refractivity contribution in [3.63, 3.8) is 0 Å². The molecule has 2 aliphatic rings. The number of carbonyl (C=O) groups is 3. The zero-order valence-electron chi connectivity index (χ0n) is 14.6. The minimum Gasteiger partial charge on any atom is -0.434 e. The van der Waals surface area contributed by atoms with E-state index in [-0.39, 0.29) is 36.1 Å². The molecular weight excluding hydrogens is 356 g/mol. The predicted molar refractivity (Wildman–Crippen MR) is 95.8 cm³/mol. The Labute approximate surface area is 155 Å². The number of hydrogen-bond acceptors (Lipinski definition) is 6. The van der Waals surface area contributed by atoms with Crippen LogP contribution in [0.15, 0.2) is 41.6 Å². The van der Waals surface area contributed by atoms with Gasteiger partial charge in [-0.3, -0.25) is 14.5 Å². The third-order valence-electron chi connectivity index (χ3n) is 4.18. The van der Waals surface area contributed by atoms with Crippen LogP contribution < -0.4 is 5.32 Å². The summed E-state index contributed by atoms with van der Waals surface area (Å²) in [6, 6.07) is 8.70. The highest BCUT2D eigenvalue weighted by atomic mass is 32.2. The van der Waals surface area contributed by atoms with Crippen LogP contribution in [0.1, 0.15) is 12.5 Å². The molecule has 0 aliphatic carbocycles. The summed E-state index contributed by atoms with van der Waals surface area (Å²) < 4.78 is 9.73. The van der Waals surface area contributed by atoms with Gasteiger partial charge < -0.3 is 14.8 Å². The van der Waals surface area contributed by atoms with Crippen molar-refractivity contribution in [2.75, 3.05) is 19.7 Å². The van der Waals surface area contributed by atoms with E-state index < -0.39 is 12.0 Å². The van der Waals surface area contributed by atoms with E-state index in [1.54, 1.807) is 6.92 Å². The van der Waals surface area contributed by atoms with Crippen LogP contribution >= 0.6 is 11.8 Å². The first-order valence-corrected chi connectivity index (χ1v) is 9.21. The molecule has 2 amide bonds. The molecule has 0 aromatic heterocycles. The number of β-lactam (4-membered cyclic amide) rings is 1. The lowest BCUT2D eigenvalue weighted by Crippen LogP contribution is -2.70. The Bertz CT molecular complexity index is 749. The van der Waals surface area contributed by atoms with E-state index >= 15 is 0 Å². The fourth-order valence-electron chi connectivity index (χ4n) is 2.95. The Morgan fingerprint density at radius 1 is 1.31 bits per heavy atom. The SMILES string of the molecule is COCOC(=O)C1=C(C)CS[C@H]2C(NC(=O)Cc3ccccc3)C(=O)N12. The molecule has 1 N–H and O–H groups in total. The van der Waals surface area contributed by atoms with Crippen molar-refractivity contribution in [2.45, 2.75) is 24.8 Å². The quantitative estimate of drug-likeness (QED) is 0.454. The zero-order chi connectivity index (χ0) is 18.7. The van der Waals surface area contributed by atoms with Crippen LogP contribution in [0.4, 0.5) is 0 Å². The standard InChI is InChI=1S/C18H20N2O5S/c1-11-9-26-17-14(19-13(21)8-12-6-4-3-5-7-12)16(22)20(17)15(11)18(23)25-10-24-2/h3-7,14,17H,8-10H2,1-2H3,(H,19,21)/t14?,17-/m0/s1. The average molecular weight is 376 g/mol. The molecule has 3 rings (SSSR count). The molecule has 26 heavy (non-hydrogen) atoms. The zero-order valence-corrected chi connectivity index (χ0v) is 15.4. The number of benzene rings is 1. The maximum atomic E-state index is 12.5. The van der Waals surface area contributed by atoms with E-state index in [2.05, 4.69) is 5.32 Å². The van der Waals surface area contributed by atoms with Crippen LogP contribution in [0.25, 0.3) is 0 Å². The molecule has 0 spiro atoms. The van der Waals surface area contributed by atoms with Gasteiger partial charge in [0.05, 0.1) is 6.42 Å². The van der Waals surface area contributed by atoms with Crippen LogP contribution in [0.3, 0.4) is 0 Å². The van der Waals surface area contributed by atoms with Gasteiger partial charge in [-0.05, 0) is 18.1 Å². The minimum atomic E-state index is -0.630. The van der Waals surface area contributed by atoms with Gasteiger partial charge in [0.2, 0.25) is 5.91 Å². The topological polar surface area (TPSA) is 84.9 Å². The van der Waals surface area contributed by atoms with Gasteiger partial charge in [-0.25, -0.2) is 4.79 Å². The van der Waals surface area contributed by atoms with E-state index in [4.69, 9.17) is 9.47 Å². The van der Waals surface area contributed by atoms with Gasteiger partial charge in [-0.1, -0.05) is 30.3 Å².